The third kappa shape index (κ3) is 11.5. The molecule has 0 aliphatic rings. The van der Waals surface area contributed by atoms with Crippen LogP contribution in [0.1, 0.15) is 66.7 Å². The van der Waals surface area contributed by atoms with Crippen LogP contribution in [0.15, 0.2) is 78.1 Å². The Morgan fingerprint density at radius 1 is 1.21 bits per heavy atom. The van der Waals surface area contributed by atoms with Crippen LogP contribution in [0.2, 0.25) is 0 Å². The smallest absolute Gasteiger partial charge is 0.172 e. The number of fused-ring (bicyclic) bond motifs is 1. The van der Waals surface area contributed by atoms with Gasteiger partial charge in [-0.3, -0.25) is 4.79 Å². The van der Waals surface area contributed by atoms with Crippen molar-refractivity contribution in [2.45, 2.75) is 72.8 Å². The normalized spacial score (nSPS) is 10.7. The van der Waals surface area contributed by atoms with Crippen LogP contribution in [0.4, 0.5) is 5.82 Å². The zero-order chi connectivity index (χ0) is 29.2. The number of Topliss-reactive ketones (excluding diaryl/α,β-unsaturated/α-hetero) is 1. The number of aromatic hydroxyl groups is 1. The highest BCUT2D eigenvalue weighted by Gasteiger charge is 2.16. The molecular formula is C31H43BrN4O3. The van der Waals surface area contributed by atoms with E-state index in [1.165, 1.54) is 0 Å². The van der Waals surface area contributed by atoms with Crippen LogP contribution in [0.25, 0.3) is 16.9 Å². The van der Waals surface area contributed by atoms with Crippen molar-refractivity contribution in [1.29, 1.82) is 0 Å². The van der Waals surface area contributed by atoms with Gasteiger partial charge in [0.2, 0.25) is 0 Å². The van der Waals surface area contributed by atoms with Crippen molar-refractivity contribution in [1.82, 2.24) is 14.6 Å². The zero-order valence-corrected chi connectivity index (χ0v) is 25.5. The van der Waals surface area contributed by atoms with Crippen LogP contribution in [-0.4, -0.2) is 38.1 Å². The maximum absolute atomic E-state index is 10.5. The maximum atomic E-state index is 10.5. The number of para-hydroxylation sites is 1. The third-order valence-electron chi connectivity index (χ3n) is 5.44. The minimum atomic E-state index is 0.143. The lowest BCUT2D eigenvalue weighted by molar-refractivity contribution is -0.117. The Bertz CT molecular complexity index is 1210. The van der Waals surface area contributed by atoms with Crippen LogP contribution in [0.5, 0.6) is 5.75 Å². The summed E-state index contributed by atoms with van der Waals surface area (Å²) in [7, 11) is 0. The number of benzene rings is 1. The summed E-state index contributed by atoms with van der Waals surface area (Å²) in [5.41, 5.74) is 2.17. The molecule has 0 amide bonds. The van der Waals surface area contributed by atoms with Crippen molar-refractivity contribution in [3.05, 3.63) is 78.1 Å². The molecule has 0 bridgehead atoms. The van der Waals surface area contributed by atoms with Crippen LogP contribution in [-0.2, 0) is 9.53 Å². The second kappa shape index (κ2) is 18.8. The standard InChI is InChI=1S/C19H23BrN4O.C9H14O2.C3H6/c1-3-7-13(8-4-2)22-18-11-16(14-9-5-6-10-17(14)25)23-19-15(20)12-21-24(18)19;1-4-9(5-2)11-7-6-8(3)10;1-3-2/h5-6,9-13,22,25H,3-4,7-8H2,1-2H3;4-5H,1,6-7H2,2-3H3;3H,1H2,2H3/b;9-5+;. The van der Waals surface area contributed by atoms with E-state index in [1.54, 1.807) is 31.3 Å². The van der Waals surface area contributed by atoms with E-state index in [2.05, 4.69) is 58.3 Å². The van der Waals surface area contributed by atoms with Gasteiger partial charge in [0.15, 0.2) is 5.65 Å². The summed E-state index contributed by atoms with van der Waals surface area (Å²) in [5.74, 6) is 1.98. The molecule has 39 heavy (non-hydrogen) atoms. The van der Waals surface area contributed by atoms with Crippen LogP contribution >= 0.6 is 15.9 Å². The molecule has 2 aromatic heterocycles. The molecule has 2 N–H and O–H groups in total. The molecule has 7 nitrogen and oxygen atoms in total. The summed E-state index contributed by atoms with van der Waals surface area (Å²) in [6.45, 7) is 17.1. The number of hydrogen-bond acceptors (Lipinski definition) is 6. The van der Waals surface area contributed by atoms with Crippen molar-refractivity contribution in [2.75, 3.05) is 11.9 Å². The average molecular weight is 600 g/mol. The summed E-state index contributed by atoms with van der Waals surface area (Å²) >= 11 is 3.52. The number of halogens is 1. The lowest BCUT2D eigenvalue weighted by atomic mass is 10.1. The Hall–Kier alpha value is -3.39. The number of ether oxygens (including phenoxy) is 1. The fraction of sp³-hybridized carbons (Fsp3) is 0.387. The van der Waals surface area contributed by atoms with Gasteiger partial charge in [-0.15, -0.1) is 6.58 Å². The van der Waals surface area contributed by atoms with Crippen LogP contribution < -0.4 is 5.32 Å². The average Bonchev–Trinajstić information content (AvgIpc) is 3.29. The number of nitrogens with zero attached hydrogens (tertiary/aromatic N) is 3. The summed E-state index contributed by atoms with van der Waals surface area (Å²) in [6.07, 6.45) is 11.9. The molecule has 0 saturated carbocycles. The Morgan fingerprint density at radius 3 is 2.38 bits per heavy atom. The molecule has 3 rings (SSSR count). The van der Waals surface area contributed by atoms with E-state index in [0.29, 0.717) is 24.6 Å². The van der Waals surface area contributed by atoms with Crippen molar-refractivity contribution >= 4 is 33.2 Å². The first kappa shape index (κ1) is 33.6. The van der Waals surface area contributed by atoms with Gasteiger partial charge in [0.25, 0.3) is 0 Å². The van der Waals surface area contributed by atoms with E-state index >= 15 is 0 Å². The zero-order valence-electron chi connectivity index (χ0n) is 23.9. The highest BCUT2D eigenvalue weighted by molar-refractivity contribution is 9.10. The fourth-order valence-corrected chi connectivity index (χ4v) is 3.98. The van der Waals surface area contributed by atoms with Gasteiger partial charge >= 0.3 is 0 Å². The van der Waals surface area contributed by atoms with E-state index in [-0.39, 0.29) is 11.5 Å². The minimum absolute atomic E-state index is 0.143. The van der Waals surface area contributed by atoms with Gasteiger partial charge in [-0.05, 0) is 73.8 Å². The molecule has 0 aliphatic carbocycles. The number of carbonyl (C=O) groups is 1. The molecule has 8 heteroatoms. The van der Waals surface area contributed by atoms with E-state index < -0.39 is 0 Å². The predicted molar refractivity (Wildman–Crippen MR) is 166 cm³/mol. The predicted octanol–water partition coefficient (Wildman–Crippen LogP) is 8.51. The molecule has 0 atom stereocenters. The van der Waals surface area contributed by atoms with Crippen molar-refractivity contribution in [2.24, 2.45) is 0 Å². The first-order valence-electron chi connectivity index (χ1n) is 13.3. The van der Waals surface area contributed by atoms with Crippen LogP contribution in [0, 0.1) is 0 Å². The van der Waals surface area contributed by atoms with Gasteiger partial charge in [-0.25, -0.2) is 4.98 Å². The quantitative estimate of drug-likeness (QED) is 0.123. The van der Waals surface area contributed by atoms with Crippen LogP contribution in [0.3, 0.4) is 0 Å². The second-order valence-corrected chi connectivity index (χ2v) is 9.65. The Balaban J connectivity index is 0.000000457. The molecule has 0 radical (unpaired) electrons. The number of aromatic nitrogens is 3. The molecule has 1 aromatic carbocycles. The number of phenolic OH excluding ortho intramolecular Hbond substituents is 1. The lowest BCUT2D eigenvalue weighted by Gasteiger charge is -2.20. The molecule has 0 aliphatic heterocycles. The summed E-state index contributed by atoms with van der Waals surface area (Å²) in [4.78, 5) is 15.2. The van der Waals surface area contributed by atoms with Crippen molar-refractivity contribution < 1.29 is 14.6 Å². The molecule has 0 unspecified atom stereocenters. The Morgan fingerprint density at radius 2 is 1.85 bits per heavy atom. The minimum Gasteiger partial charge on any atom is -0.507 e. The van der Waals surface area contributed by atoms with Gasteiger partial charge in [0, 0.05) is 24.1 Å². The molecule has 212 valence electrons. The first-order chi connectivity index (χ1) is 18.8. The lowest BCUT2D eigenvalue weighted by Crippen LogP contribution is -2.21. The number of phenols is 1. The van der Waals surface area contributed by atoms with E-state index in [9.17, 15) is 9.90 Å². The van der Waals surface area contributed by atoms with Gasteiger partial charge < -0.3 is 15.2 Å². The molecule has 0 spiro atoms. The number of allylic oxidation sites excluding steroid dienone is 3. The summed E-state index contributed by atoms with van der Waals surface area (Å²) in [6, 6.07) is 9.61. The molecule has 0 fully saturated rings. The fourth-order valence-electron chi connectivity index (χ4n) is 3.63. The third-order valence-corrected chi connectivity index (χ3v) is 6.00. The van der Waals surface area contributed by atoms with E-state index in [0.717, 1.165) is 53.1 Å². The van der Waals surface area contributed by atoms with Gasteiger partial charge in [0.05, 0.1) is 23.0 Å². The SMILES string of the molecule is C=C/C(=C\C)OCCC(C)=O.C=CC.CCCC(CCC)Nc1cc(-c2ccccc2O)nc2c(Br)cnn12. The van der Waals surface area contributed by atoms with E-state index in [1.807, 2.05) is 48.7 Å². The maximum Gasteiger partial charge on any atom is 0.172 e. The van der Waals surface area contributed by atoms with Gasteiger partial charge in [-0.2, -0.15) is 9.61 Å². The summed E-state index contributed by atoms with van der Waals surface area (Å²) in [5, 5.41) is 18.3. The van der Waals surface area contributed by atoms with Crippen molar-refractivity contribution in [3.63, 3.8) is 0 Å². The molecule has 3 aromatic rings. The number of nitrogens with one attached hydrogen (secondary N) is 1. The molecule has 0 saturated heterocycles. The number of carbonyl (C=O) groups excluding carboxylic acids is 1. The molecular weight excluding hydrogens is 556 g/mol. The molecule has 2 heterocycles. The number of anilines is 1. The number of ketones is 1. The number of rotatable bonds is 12. The van der Waals surface area contributed by atoms with Gasteiger partial charge in [-0.1, -0.05) is 51.5 Å². The summed E-state index contributed by atoms with van der Waals surface area (Å²) < 4.78 is 7.81. The largest absolute Gasteiger partial charge is 0.507 e. The first-order valence-corrected chi connectivity index (χ1v) is 14.1. The number of hydrogen-bond donors (Lipinski definition) is 2. The highest BCUT2D eigenvalue weighted by atomic mass is 79.9. The van der Waals surface area contributed by atoms with Crippen molar-refractivity contribution in [3.8, 4) is 17.0 Å². The Labute approximate surface area is 241 Å². The topological polar surface area (TPSA) is 88.8 Å². The monoisotopic (exact) mass is 598 g/mol. The van der Waals surface area contributed by atoms with Gasteiger partial charge in [0.1, 0.15) is 23.1 Å². The second-order valence-electron chi connectivity index (χ2n) is 8.79. The Kier molecular flexibility index (Phi) is 16.2. The van der Waals surface area contributed by atoms with E-state index in [4.69, 9.17) is 4.74 Å². The highest BCUT2D eigenvalue weighted by Crippen LogP contribution is 2.31.